The molecule has 132 valence electrons. The molecule has 0 radical (unpaired) electrons. The third-order valence-corrected chi connectivity index (χ3v) is 4.55. The summed E-state index contributed by atoms with van der Waals surface area (Å²) in [5, 5.41) is 9.02. The van der Waals surface area contributed by atoms with Crippen molar-refractivity contribution in [2.24, 2.45) is 10.3 Å². The first-order valence-electron chi connectivity index (χ1n) is 7.68. The first kappa shape index (κ1) is 16.5. The Labute approximate surface area is 152 Å². The first-order chi connectivity index (χ1) is 12.5. The lowest BCUT2D eigenvalue weighted by molar-refractivity contribution is -0.121. The Morgan fingerprint density at radius 3 is 2.65 bits per heavy atom. The van der Waals surface area contributed by atoms with Gasteiger partial charge in [-0.2, -0.15) is 5.11 Å². The van der Waals surface area contributed by atoms with Gasteiger partial charge in [0.15, 0.2) is 12.1 Å². The highest BCUT2D eigenvalue weighted by molar-refractivity contribution is 6.31. The van der Waals surface area contributed by atoms with Gasteiger partial charge in [-0.25, -0.2) is 14.3 Å². The zero-order valence-corrected chi connectivity index (χ0v) is 14.2. The quantitative estimate of drug-likeness (QED) is 0.774. The summed E-state index contributed by atoms with van der Waals surface area (Å²) < 4.78 is 18.5. The molecule has 2 atom stereocenters. The van der Waals surface area contributed by atoms with Crippen LogP contribution in [0.1, 0.15) is 0 Å². The van der Waals surface area contributed by atoms with Gasteiger partial charge in [-0.05, 0) is 30.3 Å². The number of amides is 2. The van der Waals surface area contributed by atoms with E-state index in [0.29, 0.717) is 17.1 Å². The third-order valence-electron chi connectivity index (χ3n) is 4.26. The van der Waals surface area contributed by atoms with Gasteiger partial charge in [0.05, 0.1) is 23.5 Å². The number of hydrogen-bond donors (Lipinski definition) is 0. The normalized spacial score (nSPS) is 21.5. The minimum Gasteiger partial charge on any atom is -0.497 e. The molecule has 0 bridgehead atoms. The molecule has 2 aromatic carbocycles. The van der Waals surface area contributed by atoms with Crippen LogP contribution in [0.4, 0.5) is 15.8 Å². The lowest BCUT2D eigenvalue weighted by atomic mass is 10.1. The molecule has 0 unspecified atom stereocenters. The van der Waals surface area contributed by atoms with Gasteiger partial charge in [-0.3, -0.25) is 9.59 Å². The van der Waals surface area contributed by atoms with E-state index in [1.165, 1.54) is 30.3 Å². The molecule has 2 heterocycles. The first-order valence-corrected chi connectivity index (χ1v) is 8.06. The molecule has 2 aliphatic heterocycles. The van der Waals surface area contributed by atoms with E-state index < -0.39 is 29.7 Å². The highest BCUT2D eigenvalue weighted by Gasteiger charge is 2.55. The second-order valence-corrected chi connectivity index (χ2v) is 6.16. The SMILES string of the molecule is COc1cccc(N2C(=O)[C@@H]3[C@@H](N=NN3c3ccc(F)c(Cl)c3)C2=O)c1. The topological polar surface area (TPSA) is 74.6 Å². The fraction of sp³-hybridized carbons (Fsp3) is 0.176. The smallest absolute Gasteiger partial charge is 0.263 e. The van der Waals surface area contributed by atoms with Crippen molar-refractivity contribution in [3.05, 3.63) is 53.3 Å². The number of rotatable bonds is 3. The predicted octanol–water partition coefficient (Wildman–Crippen LogP) is 2.99. The zero-order chi connectivity index (χ0) is 18.4. The maximum absolute atomic E-state index is 13.4. The van der Waals surface area contributed by atoms with Crippen LogP contribution in [-0.4, -0.2) is 31.0 Å². The van der Waals surface area contributed by atoms with Crippen LogP contribution < -0.4 is 14.6 Å². The summed E-state index contributed by atoms with van der Waals surface area (Å²) in [6, 6.07) is 8.65. The summed E-state index contributed by atoms with van der Waals surface area (Å²) in [4.78, 5) is 26.7. The molecule has 1 saturated heterocycles. The Morgan fingerprint density at radius 1 is 1.12 bits per heavy atom. The van der Waals surface area contributed by atoms with Gasteiger partial charge in [0, 0.05) is 6.07 Å². The Hall–Kier alpha value is -3.00. The molecule has 26 heavy (non-hydrogen) atoms. The largest absolute Gasteiger partial charge is 0.497 e. The van der Waals surface area contributed by atoms with Crippen LogP contribution in [0.2, 0.25) is 5.02 Å². The van der Waals surface area contributed by atoms with Crippen LogP contribution in [0.15, 0.2) is 52.8 Å². The van der Waals surface area contributed by atoms with Gasteiger partial charge >= 0.3 is 0 Å². The van der Waals surface area contributed by atoms with Crippen LogP contribution in [-0.2, 0) is 9.59 Å². The van der Waals surface area contributed by atoms with Crippen LogP contribution in [0, 0.1) is 5.82 Å². The minimum absolute atomic E-state index is 0.109. The molecule has 0 aromatic heterocycles. The van der Waals surface area contributed by atoms with E-state index in [2.05, 4.69) is 10.3 Å². The third kappa shape index (κ3) is 2.41. The molecule has 0 saturated carbocycles. The number of benzene rings is 2. The number of hydrogen-bond acceptors (Lipinski definition) is 6. The average molecular weight is 375 g/mol. The van der Waals surface area contributed by atoms with Crippen LogP contribution in [0.25, 0.3) is 0 Å². The number of imide groups is 1. The molecule has 2 aliphatic rings. The van der Waals surface area contributed by atoms with E-state index in [9.17, 15) is 14.0 Å². The summed E-state index contributed by atoms with van der Waals surface area (Å²) >= 11 is 5.81. The number of carbonyl (C=O) groups excluding carboxylic acids is 2. The molecule has 4 rings (SSSR count). The second-order valence-electron chi connectivity index (χ2n) is 5.75. The highest BCUT2D eigenvalue weighted by Crippen LogP contribution is 2.36. The standard InChI is InChI=1S/C17H12ClFN4O3/c1-26-11-4-2-3-9(7-11)22-16(24)14-15(17(22)25)23(21-20-14)10-5-6-13(19)12(18)8-10/h2-8,14-15H,1H3/t14-,15+/m1/s1. The molecule has 2 aromatic rings. The van der Waals surface area contributed by atoms with Crippen molar-refractivity contribution in [1.82, 2.24) is 0 Å². The number of nitrogens with zero attached hydrogens (tertiary/aromatic N) is 4. The number of carbonyl (C=O) groups is 2. The van der Waals surface area contributed by atoms with Gasteiger partial charge in [0.25, 0.3) is 11.8 Å². The van der Waals surface area contributed by atoms with E-state index in [-0.39, 0.29) is 5.02 Å². The Balaban J connectivity index is 1.70. The molecule has 0 N–H and O–H groups in total. The van der Waals surface area contributed by atoms with Crippen LogP contribution >= 0.6 is 11.6 Å². The fourth-order valence-electron chi connectivity index (χ4n) is 3.00. The van der Waals surface area contributed by atoms with Crippen molar-refractivity contribution >= 4 is 34.8 Å². The van der Waals surface area contributed by atoms with E-state index in [0.717, 1.165) is 4.90 Å². The van der Waals surface area contributed by atoms with Crippen molar-refractivity contribution in [3.8, 4) is 5.75 Å². The second kappa shape index (κ2) is 6.06. The van der Waals surface area contributed by atoms with Gasteiger partial charge in [-0.15, -0.1) is 0 Å². The van der Waals surface area contributed by atoms with Crippen molar-refractivity contribution in [1.29, 1.82) is 0 Å². The maximum Gasteiger partial charge on any atom is 0.263 e. The van der Waals surface area contributed by atoms with Crippen molar-refractivity contribution in [2.75, 3.05) is 17.0 Å². The molecule has 9 heteroatoms. The summed E-state index contributed by atoms with van der Waals surface area (Å²) in [5.74, 6) is -1.02. The summed E-state index contributed by atoms with van der Waals surface area (Å²) in [6.07, 6.45) is 0. The minimum atomic E-state index is -0.961. The zero-order valence-electron chi connectivity index (χ0n) is 13.5. The van der Waals surface area contributed by atoms with Crippen molar-refractivity contribution in [2.45, 2.75) is 12.1 Å². The lowest BCUT2D eigenvalue weighted by Crippen LogP contribution is -2.39. The Morgan fingerprint density at radius 2 is 1.92 bits per heavy atom. The van der Waals surface area contributed by atoms with E-state index in [1.807, 2.05) is 0 Å². The molecule has 7 nitrogen and oxygen atoms in total. The van der Waals surface area contributed by atoms with Gasteiger partial charge in [0.2, 0.25) is 0 Å². The molecule has 0 spiro atoms. The van der Waals surface area contributed by atoms with Crippen LogP contribution in [0.3, 0.4) is 0 Å². The monoisotopic (exact) mass is 374 g/mol. The van der Waals surface area contributed by atoms with E-state index in [4.69, 9.17) is 16.3 Å². The van der Waals surface area contributed by atoms with Gasteiger partial charge < -0.3 is 4.74 Å². The number of fused-ring (bicyclic) bond motifs is 1. The molecular formula is C17H12ClFN4O3. The fourth-order valence-corrected chi connectivity index (χ4v) is 3.18. The average Bonchev–Trinajstić information content (AvgIpc) is 3.18. The van der Waals surface area contributed by atoms with E-state index in [1.54, 1.807) is 24.3 Å². The van der Waals surface area contributed by atoms with E-state index >= 15 is 0 Å². The summed E-state index contributed by atoms with van der Waals surface area (Å²) in [6.45, 7) is 0. The summed E-state index contributed by atoms with van der Waals surface area (Å²) in [7, 11) is 1.50. The van der Waals surface area contributed by atoms with Crippen molar-refractivity contribution in [3.63, 3.8) is 0 Å². The van der Waals surface area contributed by atoms with Gasteiger partial charge in [0.1, 0.15) is 11.6 Å². The Bertz CT molecular complexity index is 951. The molecule has 1 fully saturated rings. The summed E-state index contributed by atoms with van der Waals surface area (Å²) in [5.41, 5.74) is 0.766. The molecular weight excluding hydrogens is 363 g/mol. The highest BCUT2D eigenvalue weighted by atomic mass is 35.5. The number of ether oxygens (including phenoxy) is 1. The predicted molar refractivity (Wildman–Crippen MR) is 91.8 cm³/mol. The number of halogens is 2. The number of anilines is 2. The molecule has 0 aliphatic carbocycles. The molecule has 2 amide bonds. The Kier molecular flexibility index (Phi) is 3.84. The van der Waals surface area contributed by atoms with Gasteiger partial charge in [-0.1, -0.05) is 22.9 Å². The van der Waals surface area contributed by atoms with Crippen molar-refractivity contribution < 1.29 is 18.7 Å². The maximum atomic E-state index is 13.4. The number of methoxy groups -OCH3 is 1. The lowest BCUT2D eigenvalue weighted by Gasteiger charge is -2.21. The van der Waals surface area contributed by atoms with Crippen LogP contribution in [0.5, 0.6) is 5.75 Å².